The molecule has 2 aromatic carbocycles. The van der Waals surface area contributed by atoms with Crippen LogP contribution in [0.2, 0.25) is 0 Å². The van der Waals surface area contributed by atoms with Crippen molar-refractivity contribution in [2.24, 2.45) is 10.9 Å². The Kier molecular flexibility index (Phi) is 7.06. The molecule has 0 saturated carbocycles. The van der Waals surface area contributed by atoms with Crippen molar-refractivity contribution in [3.8, 4) is 0 Å². The highest BCUT2D eigenvalue weighted by molar-refractivity contribution is 5.88. The number of nitrogens with one attached hydrogen (secondary N) is 2. The topological polar surface area (TPSA) is 56.7 Å². The summed E-state index contributed by atoms with van der Waals surface area (Å²) in [5.41, 5.74) is 3.49. The number of carbonyl (C=O) groups excluding carboxylic acids is 1. The van der Waals surface area contributed by atoms with E-state index in [4.69, 9.17) is 0 Å². The monoisotopic (exact) mass is 378 g/mol. The number of aliphatic imine (C=N–C) groups is 1. The first-order chi connectivity index (χ1) is 13.6. The molecule has 0 aromatic heterocycles. The first-order valence-corrected chi connectivity index (χ1v) is 10.00. The molecule has 1 atom stereocenters. The van der Waals surface area contributed by atoms with Gasteiger partial charge in [0.1, 0.15) is 0 Å². The van der Waals surface area contributed by atoms with Crippen LogP contribution in [0, 0.1) is 5.92 Å². The van der Waals surface area contributed by atoms with E-state index in [1.54, 1.807) is 0 Å². The number of guanidine groups is 1. The standard InChI is InChI=1S/C23H30N4O/c1-18(28)26-22-10-8-19(9-11-22)12-14-25-23(24-2)27-15-13-21(17-27)16-20-6-4-3-5-7-20/h3-11,21H,12-17H2,1-2H3,(H,24,25)(H,26,28). The van der Waals surface area contributed by atoms with Crippen molar-refractivity contribution in [2.75, 3.05) is 32.0 Å². The van der Waals surface area contributed by atoms with E-state index in [-0.39, 0.29) is 5.91 Å². The molecule has 1 aliphatic rings. The average Bonchev–Trinajstić information content (AvgIpc) is 3.15. The summed E-state index contributed by atoms with van der Waals surface area (Å²) in [6, 6.07) is 18.7. The van der Waals surface area contributed by atoms with Gasteiger partial charge in [0, 0.05) is 39.3 Å². The number of rotatable bonds is 6. The Hall–Kier alpha value is -2.82. The lowest BCUT2D eigenvalue weighted by Crippen LogP contribution is -2.41. The summed E-state index contributed by atoms with van der Waals surface area (Å²) in [5.74, 6) is 1.63. The molecular formula is C23H30N4O. The van der Waals surface area contributed by atoms with Gasteiger partial charge >= 0.3 is 0 Å². The van der Waals surface area contributed by atoms with Crippen molar-refractivity contribution >= 4 is 17.6 Å². The normalized spacial score (nSPS) is 16.9. The van der Waals surface area contributed by atoms with Crippen LogP contribution in [0.3, 0.4) is 0 Å². The highest BCUT2D eigenvalue weighted by atomic mass is 16.1. The van der Waals surface area contributed by atoms with Crippen molar-refractivity contribution in [3.63, 3.8) is 0 Å². The number of carbonyl (C=O) groups is 1. The van der Waals surface area contributed by atoms with Gasteiger partial charge in [-0.2, -0.15) is 0 Å². The van der Waals surface area contributed by atoms with Crippen LogP contribution in [0.1, 0.15) is 24.5 Å². The number of likely N-dealkylation sites (tertiary alicyclic amines) is 1. The molecule has 1 saturated heterocycles. The van der Waals surface area contributed by atoms with Crippen molar-refractivity contribution in [1.82, 2.24) is 10.2 Å². The number of anilines is 1. The fourth-order valence-electron chi connectivity index (χ4n) is 3.75. The Morgan fingerprint density at radius 1 is 1.11 bits per heavy atom. The van der Waals surface area contributed by atoms with Crippen molar-refractivity contribution in [1.29, 1.82) is 0 Å². The highest BCUT2D eigenvalue weighted by Gasteiger charge is 2.24. The molecule has 2 N–H and O–H groups in total. The molecule has 1 fully saturated rings. The summed E-state index contributed by atoms with van der Waals surface area (Å²) in [4.78, 5) is 17.9. The lowest BCUT2D eigenvalue weighted by molar-refractivity contribution is -0.114. The maximum atomic E-state index is 11.1. The summed E-state index contributed by atoms with van der Waals surface area (Å²) in [7, 11) is 1.86. The second kappa shape index (κ2) is 9.93. The third-order valence-electron chi connectivity index (χ3n) is 5.14. The van der Waals surface area contributed by atoms with E-state index in [0.717, 1.165) is 44.1 Å². The Labute approximate surface area is 167 Å². The smallest absolute Gasteiger partial charge is 0.221 e. The number of amides is 1. The van der Waals surface area contributed by atoms with Gasteiger partial charge in [-0.15, -0.1) is 0 Å². The third-order valence-corrected chi connectivity index (χ3v) is 5.14. The molecule has 3 rings (SSSR count). The van der Waals surface area contributed by atoms with Crippen LogP contribution in [0.4, 0.5) is 5.69 Å². The number of hydrogen-bond donors (Lipinski definition) is 2. The van der Waals surface area contributed by atoms with Crippen LogP contribution >= 0.6 is 0 Å². The van der Waals surface area contributed by atoms with Crippen LogP contribution in [-0.4, -0.2) is 43.4 Å². The minimum Gasteiger partial charge on any atom is -0.356 e. The first kappa shape index (κ1) is 19.9. The molecule has 1 aliphatic heterocycles. The second-order valence-electron chi connectivity index (χ2n) is 7.39. The predicted octanol–water partition coefficient (Wildman–Crippen LogP) is 3.33. The van der Waals surface area contributed by atoms with E-state index in [0.29, 0.717) is 5.92 Å². The van der Waals surface area contributed by atoms with Crippen LogP contribution in [0.15, 0.2) is 59.6 Å². The number of nitrogens with zero attached hydrogens (tertiary/aromatic N) is 2. The fourth-order valence-corrected chi connectivity index (χ4v) is 3.75. The van der Waals surface area contributed by atoms with E-state index >= 15 is 0 Å². The first-order valence-electron chi connectivity index (χ1n) is 10.00. The Bertz CT molecular complexity index is 786. The summed E-state index contributed by atoms with van der Waals surface area (Å²) in [6.45, 7) is 4.47. The molecule has 1 heterocycles. The van der Waals surface area contributed by atoms with Crippen molar-refractivity contribution < 1.29 is 4.79 Å². The summed E-state index contributed by atoms with van der Waals surface area (Å²) >= 11 is 0. The second-order valence-corrected chi connectivity index (χ2v) is 7.39. The Morgan fingerprint density at radius 3 is 2.54 bits per heavy atom. The van der Waals surface area contributed by atoms with Crippen LogP contribution in [-0.2, 0) is 17.6 Å². The van der Waals surface area contributed by atoms with Gasteiger partial charge in [-0.3, -0.25) is 9.79 Å². The van der Waals surface area contributed by atoms with Gasteiger partial charge in [0.15, 0.2) is 5.96 Å². The van der Waals surface area contributed by atoms with Gasteiger partial charge in [0.25, 0.3) is 0 Å². The molecule has 5 heteroatoms. The fraction of sp³-hybridized carbons (Fsp3) is 0.391. The number of benzene rings is 2. The van der Waals surface area contributed by atoms with E-state index in [1.807, 2.05) is 19.2 Å². The van der Waals surface area contributed by atoms with Gasteiger partial charge in [-0.1, -0.05) is 42.5 Å². The molecule has 0 radical (unpaired) electrons. The Balaban J connectivity index is 1.44. The van der Waals surface area contributed by atoms with E-state index < -0.39 is 0 Å². The molecule has 148 valence electrons. The molecule has 1 unspecified atom stereocenters. The molecule has 5 nitrogen and oxygen atoms in total. The van der Waals surface area contributed by atoms with E-state index in [9.17, 15) is 4.79 Å². The molecule has 2 aromatic rings. The quantitative estimate of drug-likeness (QED) is 0.599. The predicted molar refractivity (Wildman–Crippen MR) is 116 cm³/mol. The van der Waals surface area contributed by atoms with Gasteiger partial charge < -0.3 is 15.5 Å². The molecule has 28 heavy (non-hydrogen) atoms. The van der Waals surface area contributed by atoms with Gasteiger partial charge in [-0.25, -0.2) is 0 Å². The SMILES string of the molecule is CN=C(NCCc1ccc(NC(C)=O)cc1)N1CCC(Cc2ccccc2)C1. The van der Waals surface area contributed by atoms with Crippen LogP contribution in [0.5, 0.6) is 0 Å². The average molecular weight is 379 g/mol. The third kappa shape index (κ3) is 5.84. The van der Waals surface area contributed by atoms with Crippen LogP contribution < -0.4 is 10.6 Å². The zero-order valence-electron chi connectivity index (χ0n) is 16.8. The maximum absolute atomic E-state index is 11.1. The molecule has 0 bridgehead atoms. The molecule has 0 aliphatic carbocycles. The minimum atomic E-state index is -0.0469. The van der Waals surface area contributed by atoms with Crippen LogP contribution in [0.25, 0.3) is 0 Å². The summed E-state index contributed by atoms with van der Waals surface area (Å²) < 4.78 is 0. The number of hydrogen-bond acceptors (Lipinski definition) is 2. The van der Waals surface area contributed by atoms with E-state index in [2.05, 4.69) is 63.0 Å². The highest BCUT2D eigenvalue weighted by Crippen LogP contribution is 2.20. The van der Waals surface area contributed by atoms with Gasteiger partial charge in [0.05, 0.1) is 0 Å². The van der Waals surface area contributed by atoms with Gasteiger partial charge in [0.2, 0.25) is 5.91 Å². The summed E-state index contributed by atoms with van der Waals surface area (Å²) in [5, 5.41) is 6.29. The van der Waals surface area contributed by atoms with Crippen molar-refractivity contribution in [2.45, 2.75) is 26.2 Å². The molecular weight excluding hydrogens is 348 g/mol. The zero-order chi connectivity index (χ0) is 19.8. The lowest BCUT2D eigenvalue weighted by Gasteiger charge is -2.22. The Morgan fingerprint density at radius 2 is 1.86 bits per heavy atom. The van der Waals surface area contributed by atoms with Crippen molar-refractivity contribution in [3.05, 3.63) is 65.7 Å². The molecule has 0 spiro atoms. The lowest BCUT2D eigenvalue weighted by atomic mass is 9.99. The maximum Gasteiger partial charge on any atom is 0.221 e. The largest absolute Gasteiger partial charge is 0.356 e. The van der Waals surface area contributed by atoms with E-state index in [1.165, 1.54) is 24.5 Å². The van der Waals surface area contributed by atoms with Gasteiger partial charge in [-0.05, 0) is 48.4 Å². The zero-order valence-corrected chi connectivity index (χ0v) is 16.8. The minimum absolute atomic E-state index is 0.0469. The summed E-state index contributed by atoms with van der Waals surface area (Å²) in [6.07, 6.45) is 3.26. The molecule has 1 amide bonds.